The number of carbonyl (C=O) groups excluding carboxylic acids is 2. The maximum Gasteiger partial charge on any atom is 2.00 e. The van der Waals surface area contributed by atoms with Crippen LogP contribution in [0.5, 0.6) is 0 Å². The number of pyridine rings is 1. The van der Waals surface area contributed by atoms with Crippen molar-refractivity contribution in [3.05, 3.63) is 65.1 Å². The third-order valence-electron chi connectivity index (χ3n) is 5.59. The number of benzene rings is 1. The molecular formula is C23H22CaN3O7P. The Morgan fingerprint density at radius 1 is 1.31 bits per heavy atom. The molecule has 0 unspecified atom stereocenters. The molecule has 0 N–H and O–H groups in total. The standard InChI is InChI=1S/C23H24N3O7P.Ca/c1-15-18-5-3-4-6-19(18)33-20(15)13-25(2)21(27)9-7-16-11-17-8-10-22(28)26(23(17)24-12-16)14-32-34(29,30)31;/h3-7,9,11-12H,8,10,13-14H2,1-2H3,(H2,29,30,31);/q;+2/p-2/b9-7+;. The molecule has 0 aliphatic carbocycles. The van der Waals surface area contributed by atoms with E-state index in [-0.39, 0.29) is 55.9 Å². The summed E-state index contributed by atoms with van der Waals surface area (Å²) < 4.78 is 20.9. The van der Waals surface area contributed by atoms with Gasteiger partial charge in [-0.1, -0.05) is 18.2 Å². The van der Waals surface area contributed by atoms with E-state index in [1.807, 2.05) is 31.2 Å². The van der Waals surface area contributed by atoms with Crippen LogP contribution in [-0.2, 0) is 31.6 Å². The van der Waals surface area contributed by atoms with Crippen molar-refractivity contribution in [2.24, 2.45) is 0 Å². The number of likely N-dealkylation sites (N-methyl/N-ethyl adjacent to an activating group) is 1. The van der Waals surface area contributed by atoms with Crippen LogP contribution in [0.3, 0.4) is 0 Å². The van der Waals surface area contributed by atoms with Gasteiger partial charge in [-0.3, -0.25) is 14.5 Å². The molecule has 178 valence electrons. The average Bonchev–Trinajstić information content (AvgIpc) is 3.11. The fourth-order valence-electron chi connectivity index (χ4n) is 3.76. The molecule has 0 spiro atoms. The van der Waals surface area contributed by atoms with Crippen molar-refractivity contribution in [1.82, 2.24) is 9.88 Å². The summed E-state index contributed by atoms with van der Waals surface area (Å²) in [6, 6.07) is 9.45. The summed E-state index contributed by atoms with van der Waals surface area (Å²) in [6.07, 6.45) is 4.99. The van der Waals surface area contributed by atoms with Crippen molar-refractivity contribution in [2.75, 3.05) is 18.7 Å². The van der Waals surface area contributed by atoms with Gasteiger partial charge in [-0.2, -0.15) is 0 Å². The van der Waals surface area contributed by atoms with E-state index >= 15 is 0 Å². The topological polar surface area (TPSA) is 139 Å². The molecule has 1 aromatic carbocycles. The smallest absolute Gasteiger partial charge is 0.790 e. The van der Waals surface area contributed by atoms with Crippen LogP contribution in [0.25, 0.3) is 17.0 Å². The van der Waals surface area contributed by atoms with Crippen LogP contribution in [0, 0.1) is 6.92 Å². The van der Waals surface area contributed by atoms with E-state index in [2.05, 4.69) is 9.51 Å². The molecule has 0 saturated heterocycles. The molecule has 3 aromatic rings. The van der Waals surface area contributed by atoms with Crippen molar-refractivity contribution >= 4 is 80.2 Å². The molecule has 0 radical (unpaired) electrons. The Hall–Kier alpha value is -2.04. The number of rotatable bonds is 7. The second-order valence-corrected chi connectivity index (χ2v) is 9.11. The van der Waals surface area contributed by atoms with Crippen LogP contribution in [0.1, 0.15) is 28.9 Å². The first-order chi connectivity index (χ1) is 16.1. The predicted octanol–water partition coefficient (Wildman–Crippen LogP) is 1.51. The van der Waals surface area contributed by atoms with Gasteiger partial charge in [0.05, 0.1) is 14.4 Å². The van der Waals surface area contributed by atoms with Crippen LogP contribution in [0.4, 0.5) is 5.82 Å². The predicted molar refractivity (Wildman–Crippen MR) is 126 cm³/mol. The van der Waals surface area contributed by atoms with Gasteiger partial charge in [0.25, 0.3) is 0 Å². The second-order valence-electron chi connectivity index (χ2n) is 7.95. The molecule has 10 nitrogen and oxygen atoms in total. The Morgan fingerprint density at radius 3 is 2.77 bits per heavy atom. The van der Waals surface area contributed by atoms with E-state index in [4.69, 9.17) is 4.42 Å². The number of aryl methyl sites for hydroxylation is 2. The SMILES string of the molecule is Cc1c(CN(C)C(=O)/C=C/c2cnc3c(c2)CCC(=O)N3COP(=O)([O-])[O-])oc2ccccc12.[Ca+2]. The molecule has 12 heteroatoms. The van der Waals surface area contributed by atoms with Crippen molar-refractivity contribution in [1.29, 1.82) is 0 Å². The number of para-hydroxylation sites is 1. The quantitative estimate of drug-likeness (QED) is 0.258. The monoisotopic (exact) mass is 523 g/mol. The van der Waals surface area contributed by atoms with E-state index in [1.54, 1.807) is 19.2 Å². The summed E-state index contributed by atoms with van der Waals surface area (Å²) in [5.41, 5.74) is 3.08. The van der Waals surface area contributed by atoms with Gasteiger partial charge in [-0.25, -0.2) is 4.98 Å². The zero-order valence-electron chi connectivity index (χ0n) is 19.3. The molecule has 0 fully saturated rings. The molecule has 0 bridgehead atoms. The number of phosphoric acid groups is 1. The number of nitrogens with zero attached hydrogens (tertiary/aromatic N) is 3. The molecule has 3 heterocycles. The van der Waals surface area contributed by atoms with Crippen molar-refractivity contribution in [3.8, 4) is 0 Å². The molecule has 2 aromatic heterocycles. The average molecular weight is 523 g/mol. The number of hydrogen-bond acceptors (Lipinski definition) is 8. The van der Waals surface area contributed by atoms with E-state index in [9.17, 15) is 23.9 Å². The first kappa shape index (κ1) is 27.5. The summed E-state index contributed by atoms with van der Waals surface area (Å²) in [5, 5.41) is 1.01. The van der Waals surface area contributed by atoms with Crippen LogP contribution in [0.2, 0.25) is 0 Å². The summed E-state index contributed by atoms with van der Waals surface area (Å²) in [4.78, 5) is 53.1. The summed E-state index contributed by atoms with van der Waals surface area (Å²) in [6.45, 7) is 1.55. The van der Waals surface area contributed by atoms with E-state index in [0.717, 1.165) is 21.4 Å². The van der Waals surface area contributed by atoms with Crippen LogP contribution in [-0.4, -0.2) is 73.2 Å². The minimum absolute atomic E-state index is 0. The largest absolute Gasteiger partial charge is 2.00 e. The van der Waals surface area contributed by atoms with Crippen LogP contribution >= 0.6 is 7.82 Å². The fraction of sp³-hybridized carbons (Fsp3) is 0.261. The molecule has 0 saturated carbocycles. The molecule has 0 atom stereocenters. The first-order valence-electron chi connectivity index (χ1n) is 10.5. The minimum atomic E-state index is -5.23. The van der Waals surface area contributed by atoms with Gasteiger partial charge < -0.3 is 28.2 Å². The molecule has 35 heavy (non-hydrogen) atoms. The summed E-state index contributed by atoms with van der Waals surface area (Å²) in [7, 11) is -3.55. The van der Waals surface area contributed by atoms with Crippen molar-refractivity contribution < 1.29 is 32.9 Å². The number of carbonyl (C=O) groups is 2. The normalized spacial score (nSPS) is 13.7. The van der Waals surface area contributed by atoms with Gasteiger partial charge in [0.2, 0.25) is 11.8 Å². The first-order valence-corrected chi connectivity index (χ1v) is 11.9. The number of anilines is 1. The van der Waals surface area contributed by atoms with E-state index < -0.39 is 20.5 Å². The Kier molecular flexibility index (Phi) is 8.93. The number of amides is 2. The van der Waals surface area contributed by atoms with Gasteiger partial charge in [-0.15, -0.1) is 0 Å². The third-order valence-corrected chi connectivity index (χ3v) is 6.02. The molecular weight excluding hydrogens is 501 g/mol. The second kappa shape index (κ2) is 11.3. The van der Waals surface area contributed by atoms with Gasteiger partial charge in [0, 0.05) is 36.7 Å². The number of hydrogen-bond donors (Lipinski definition) is 0. The zero-order chi connectivity index (χ0) is 24.5. The number of fused-ring (bicyclic) bond motifs is 2. The maximum absolute atomic E-state index is 12.6. The van der Waals surface area contributed by atoms with E-state index in [1.165, 1.54) is 17.2 Å². The Morgan fingerprint density at radius 2 is 2.06 bits per heavy atom. The third kappa shape index (κ3) is 6.59. The van der Waals surface area contributed by atoms with Crippen LogP contribution < -0.4 is 14.7 Å². The maximum atomic E-state index is 12.6. The van der Waals surface area contributed by atoms with Gasteiger partial charge in [0.1, 0.15) is 23.9 Å². The molecule has 2 amide bonds. The summed E-state index contributed by atoms with van der Waals surface area (Å²) in [5.74, 6) is 0.318. The van der Waals surface area contributed by atoms with Crippen LogP contribution in [0.15, 0.2) is 47.0 Å². The van der Waals surface area contributed by atoms with Gasteiger partial charge >= 0.3 is 37.7 Å². The number of furan rings is 1. The Balaban J connectivity index is 0.00000342. The van der Waals surface area contributed by atoms with E-state index in [0.29, 0.717) is 29.9 Å². The fourth-order valence-corrected chi connectivity index (χ4v) is 4.02. The minimum Gasteiger partial charge on any atom is -0.790 e. The number of phosphoric ester groups is 1. The molecule has 1 aliphatic rings. The Bertz CT molecular complexity index is 1330. The van der Waals surface area contributed by atoms with Gasteiger partial charge in [-0.05, 0) is 42.7 Å². The molecule has 4 rings (SSSR count). The number of aromatic nitrogens is 1. The zero-order valence-corrected chi connectivity index (χ0v) is 22.4. The van der Waals surface area contributed by atoms with Gasteiger partial charge in [0.15, 0.2) is 0 Å². The van der Waals surface area contributed by atoms with Crippen molar-refractivity contribution in [3.63, 3.8) is 0 Å². The Labute approximate surface area is 231 Å². The van der Waals surface area contributed by atoms with Crippen molar-refractivity contribution in [2.45, 2.75) is 26.3 Å². The molecule has 1 aliphatic heterocycles. The summed E-state index contributed by atoms with van der Waals surface area (Å²) >= 11 is 0.